The molecule has 0 fully saturated rings. The number of anilines is 1. The number of amides is 2. The van der Waals surface area contributed by atoms with Crippen LogP contribution in [0.5, 0.6) is 5.75 Å². The Morgan fingerprint density at radius 3 is 2.32 bits per heavy atom. The maximum atomic E-state index is 12.9. The molecule has 37 heavy (non-hydrogen) atoms. The van der Waals surface area contributed by atoms with Crippen molar-refractivity contribution in [3.8, 4) is 5.75 Å². The second-order valence-electron chi connectivity index (χ2n) is 9.92. The van der Waals surface area contributed by atoms with Crippen LogP contribution in [-0.2, 0) is 16.0 Å². The van der Waals surface area contributed by atoms with Crippen molar-refractivity contribution in [3.63, 3.8) is 0 Å². The van der Waals surface area contributed by atoms with E-state index in [0.29, 0.717) is 12.2 Å². The molecule has 0 bridgehead atoms. The van der Waals surface area contributed by atoms with Gasteiger partial charge in [0.25, 0.3) is 0 Å². The highest BCUT2D eigenvalue weighted by Crippen LogP contribution is 2.31. The van der Waals surface area contributed by atoms with E-state index >= 15 is 0 Å². The Kier molecular flexibility index (Phi) is 7.82. The van der Waals surface area contributed by atoms with Gasteiger partial charge in [-0.2, -0.15) is 0 Å². The molecule has 1 aromatic heterocycles. The molecule has 0 aliphatic heterocycles. The summed E-state index contributed by atoms with van der Waals surface area (Å²) in [6.07, 6.45) is 1.73. The zero-order chi connectivity index (χ0) is 26.4. The topological polar surface area (TPSA) is 92.5 Å². The van der Waals surface area contributed by atoms with Gasteiger partial charge >= 0.3 is 6.09 Å². The maximum Gasteiger partial charge on any atom is 0.412 e. The average molecular weight is 500 g/mol. The minimum Gasteiger partial charge on any atom is -0.497 e. The quantitative estimate of drug-likeness (QED) is 0.277. The van der Waals surface area contributed by atoms with Gasteiger partial charge in [0, 0.05) is 35.2 Å². The summed E-state index contributed by atoms with van der Waals surface area (Å²) in [6, 6.07) is 23.3. The monoisotopic (exact) mass is 499 g/mol. The Balaban J connectivity index is 1.43. The van der Waals surface area contributed by atoms with Gasteiger partial charge in [-0.1, -0.05) is 42.5 Å². The van der Waals surface area contributed by atoms with Gasteiger partial charge in [-0.15, -0.1) is 0 Å². The van der Waals surface area contributed by atoms with Crippen LogP contribution in [0.2, 0.25) is 0 Å². The predicted octanol–water partition coefficient (Wildman–Crippen LogP) is 6.01. The molecule has 4 rings (SSSR count). The Labute approximate surface area is 217 Å². The lowest BCUT2D eigenvalue weighted by Crippen LogP contribution is -2.30. The molecular weight excluding hydrogens is 466 g/mol. The van der Waals surface area contributed by atoms with E-state index in [1.807, 2.05) is 81.6 Å². The van der Waals surface area contributed by atoms with Crippen LogP contribution in [0, 0.1) is 0 Å². The summed E-state index contributed by atoms with van der Waals surface area (Å²) in [5.41, 5.74) is 4.15. The minimum atomic E-state index is -0.571. The van der Waals surface area contributed by atoms with E-state index < -0.39 is 11.7 Å². The number of benzene rings is 3. The lowest BCUT2D eigenvalue weighted by Gasteiger charge is -2.19. The molecule has 3 aromatic carbocycles. The molecule has 2 amide bonds. The summed E-state index contributed by atoms with van der Waals surface area (Å²) in [7, 11) is 1.65. The summed E-state index contributed by atoms with van der Waals surface area (Å²) < 4.78 is 10.6. The summed E-state index contributed by atoms with van der Waals surface area (Å²) in [5.74, 6) is 0.674. The molecule has 0 radical (unpaired) electrons. The van der Waals surface area contributed by atoms with E-state index in [9.17, 15) is 9.59 Å². The first kappa shape index (κ1) is 25.8. The molecule has 0 aliphatic carbocycles. The molecule has 1 atom stereocenters. The van der Waals surface area contributed by atoms with Crippen molar-refractivity contribution < 1.29 is 19.1 Å². The van der Waals surface area contributed by atoms with Gasteiger partial charge in [-0.25, -0.2) is 4.79 Å². The average Bonchev–Trinajstić information content (AvgIpc) is 3.29. The van der Waals surface area contributed by atoms with E-state index in [1.165, 1.54) is 0 Å². The number of hydrogen-bond acceptors (Lipinski definition) is 4. The van der Waals surface area contributed by atoms with Crippen LogP contribution in [0.1, 0.15) is 43.4 Å². The zero-order valence-electron chi connectivity index (χ0n) is 21.6. The first-order chi connectivity index (χ1) is 17.7. The van der Waals surface area contributed by atoms with Gasteiger partial charge in [-0.3, -0.25) is 10.1 Å². The number of fused-ring (bicyclic) bond motifs is 1. The standard InChI is InChI=1S/C30H33N3O4/c1-30(2,3)37-29(35)33-22-13-9-20(10-14-22)17-28(34)32-18-25(21-11-15-23(36-4)16-12-21)26-19-31-27-8-6-5-7-24(26)27/h5-16,19,25,31H,17-18H2,1-4H3,(H,32,34)(H,33,35). The fourth-order valence-electron chi connectivity index (χ4n) is 4.22. The number of hydrogen-bond donors (Lipinski definition) is 3. The van der Waals surface area contributed by atoms with Crippen molar-refractivity contribution in [1.29, 1.82) is 0 Å². The molecule has 0 spiro atoms. The van der Waals surface area contributed by atoms with Gasteiger partial charge in [0.05, 0.1) is 13.5 Å². The molecule has 1 unspecified atom stereocenters. The third-order valence-corrected chi connectivity index (χ3v) is 5.98. The molecule has 3 N–H and O–H groups in total. The molecular formula is C30H33N3O4. The van der Waals surface area contributed by atoms with E-state index in [4.69, 9.17) is 9.47 Å². The summed E-state index contributed by atoms with van der Waals surface area (Å²) in [6.45, 7) is 5.88. The first-order valence-corrected chi connectivity index (χ1v) is 12.3. The van der Waals surface area contributed by atoms with Gasteiger partial charge in [0.15, 0.2) is 0 Å². The number of aromatic nitrogens is 1. The Morgan fingerprint density at radius 1 is 0.946 bits per heavy atom. The van der Waals surface area contributed by atoms with Crippen LogP contribution in [0.15, 0.2) is 79.0 Å². The van der Waals surface area contributed by atoms with Crippen molar-refractivity contribution in [2.75, 3.05) is 19.0 Å². The fraction of sp³-hybridized carbons (Fsp3) is 0.267. The Hall–Kier alpha value is -4.26. The number of ether oxygens (including phenoxy) is 2. The third-order valence-electron chi connectivity index (χ3n) is 5.98. The van der Waals surface area contributed by atoms with Crippen LogP contribution in [0.3, 0.4) is 0 Å². The number of methoxy groups -OCH3 is 1. The molecule has 192 valence electrons. The molecule has 7 heteroatoms. The van der Waals surface area contributed by atoms with Crippen molar-refractivity contribution in [3.05, 3.63) is 95.7 Å². The van der Waals surface area contributed by atoms with Crippen molar-refractivity contribution in [2.45, 2.75) is 38.7 Å². The predicted molar refractivity (Wildman–Crippen MR) is 146 cm³/mol. The second-order valence-corrected chi connectivity index (χ2v) is 9.92. The van der Waals surface area contributed by atoms with E-state index in [0.717, 1.165) is 33.3 Å². The smallest absolute Gasteiger partial charge is 0.412 e. The largest absolute Gasteiger partial charge is 0.497 e. The van der Waals surface area contributed by atoms with Crippen LogP contribution >= 0.6 is 0 Å². The van der Waals surface area contributed by atoms with Crippen LogP contribution < -0.4 is 15.4 Å². The lowest BCUT2D eigenvalue weighted by molar-refractivity contribution is -0.120. The number of nitrogens with one attached hydrogen (secondary N) is 3. The van der Waals surface area contributed by atoms with Crippen LogP contribution in [-0.4, -0.2) is 36.2 Å². The first-order valence-electron chi connectivity index (χ1n) is 12.3. The Bertz CT molecular complexity index is 1350. The number of carbonyl (C=O) groups excluding carboxylic acids is 2. The van der Waals surface area contributed by atoms with Crippen molar-refractivity contribution in [1.82, 2.24) is 10.3 Å². The van der Waals surface area contributed by atoms with Gasteiger partial charge in [0.1, 0.15) is 11.4 Å². The molecule has 7 nitrogen and oxygen atoms in total. The molecule has 1 heterocycles. The van der Waals surface area contributed by atoms with E-state index in [2.05, 4.69) is 21.7 Å². The molecule has 0 saturated heterocycles. The lowest BCUT2D eigenvalue weighted by atomic mass is 9.90. The van der Waals surface area contributed by atoms with Crippen molar-refractivity contribution >= 4 is 28.6 Å². The zero-order valence-corrected chi connectivity index (χ0v) is 21.6. The van der Waals surface area contributed by atoms with E-state index in [-0.39, 0.29) is 18.2 Å². The molecule has 0 aliphatic rings. The number of carbonyl (C=O) groups is 2. The SMILES string of the molecule is COc1ccc(C(CNC(=O)Cc2ccc(NC(=O)OC(C)(C)C)cc2)c2c[nH]c3ccccc23)cc1. The summed E-state index contributed by atoms with van der Waals surface area (Å²) in [5, 5.41) is 6.94. The summed E-state index contributed by atoms with van der Waals surface area (Å²) in [4.78, 5) is 28.2. The highest BCUT2D eigenvalue weighted by atomic mass is 16.6. The maximum absolute atomic E-state index is 12.9. The van der Waals surface area contributed by atoms with Gasteiger partial charge in [-0.05, 0) is 67.8 Å². The minimum absolute atomic E-state index is 0.0357. The van der Waals surface area contributed by atoms with Crippen molar-refractivity contribution in [2.24, 2.45) is 0 Å². The highest BCUT2D eigenvalue weighted by molar-refractivity contribution is 5.86. The van der Waals surface area contributed by atoms with Crippen LogP contribution in [0.25, 0.3) is 10.9 Å². The Morgan fingerprint density at radius 2 is 1.65 bits per heavy atom. The number of para-hydroxylation sites is 1. The van der Waals surface area contributed by atoms with E-state index in [1.54, 1.807) is 19.2 Å². The number of rotatable bonds is 8. The molecule has 0 saturated carbocycles. The second kappa shape index (κ2) is 11.2. The molecule has 4 aromatic rings. The van der Waals surface area contributed by atoms with Gasteiger partial charge in [0.2, 0.25) is 5.91 Å². The third kappa shape index (κ3) is 6.91. The number of aromatic amines is 1. The summed E-state index contributed by atoms with van der Waals surface area (Å²) >= 11 is 0. The van der Waals surface area contributed by atoms with Gasteiger partial charge < -0.3 is 19.8 Å². The number of H-pyrrole nitrogens is 1. The highest BCUT2D eigenvalue weighted by Gasteiger charge is 2.20. The normalized spacial score (nSPS) is 12.1. The van der Waals surface area contributed by atoms with Crippen LogP contribution in [0.4, 0.5) is 10.5 Å². The fourth-order valence-corrected chi connectivity index (χ4v) is 4.22.